The van der Waals surface area contributed by atoms with Crippen LogP contribution in [0.1, 0.15) is 22.1 Å². The fourth-order valence-electron chi connectivity index (χ4n) is 3.06. The van der Waals surface area contributed by atoms with Crippen LogP contribution in [-0.4, -0.2) is 25.4 Å². The van der Waals surface area contributed by atoms with Crippen molar-refractivity contribution in [1.82, 2.24) is 0 Å². The lowest BCUT2D eigenvalue weighted by atomic mass is 10.2. The Kier molecular flexibility index (Phi) is 5.19. The van der Waals surface area contributed by atoms with Gasteiger partial charge in [0.15, 0.2) is 0 Å². The molecule has 2 amide bonds. The maximum Gasteiger partial charge on any atom is 0.337 e. The number of anilines is 3. The summed E-state index contributed by atoms with van der Waals surface area (Å²) in [5.74, 6) is 0.0293. The quantitative estimate of drug-likeness (QED) is 0.567. The summed E-state index contributed by atoms with van der Waals surface area (Å²) in [4.78, 5) is 29.9. The van der Waals surface area contributed by atoms with Crippen LogP contribution in [0.2, 0.25) is 0 Å². The van der Waals surface area contributed by atoms with Crippen molar-refractivity contribution in [3.05, 3.63) is 72.0 Å². The molecule has 1 unspecified atom stereocenters. The predicted molar refractivity (Wildman–Crippen MR) is 113 cm³/mol. The summed E-state index contributed by atoms with van der Waals surface area (Å²) in [6.45, 7) is 0. The number of benzene rings is 2. The lowest BCUT2D eigenvalue weighted by molar-refractivity contribution is 0.0600. The van der Waals surface area contributed by atoms with Crippen LogP contribution >= 0.6 is 0 Å². The van der Waals surface area contributed by atoms with Crippen LogP contribution in [0, 0.1) is 0 Å². The summed E-state index contributed by atoms with van der Waals surface area (Å²) < 4.78 is 9.95. The number of furan rings is 1. The first kappa shape index (κ1) is 19.2. The summed E-state index contributed by atoms with van der Waals surface area (Å²) in [5, 5.41) is 5.42. The summed E-state index contributed by atoms with van der Waals surface area (Å²) in [6.07, 6.45) is 2.75. The topological polar surface area (TPSA) is 122 Å². The number of methoxy groups -OCH3 is 1. The second kappa shape index (κ2) is 8.10. The van der Waals surface area contributed by atoms with E-state index in [2.05, 4.69) is 20.4 Å². The van der Waals surface area contributed by atoms with Gasteiger partial charge in [0.1, 0.15) is 12.5 Å². The molecule has 3 aromatic rings. The number of hydrogen-bond acceptors (Lipinski definition) is 7. The smallest absolute Gasteiger partial charge is 0.337 e. The molecule has 2 heterocycles. The summed E-state index contributed by atoms with van der Waals surface area (Å²) in [6, 6.07) is 15.0. The van der Waals surface area contributed by atoms with Gasteiger partial charge in [-0.25, -0.2) is 14.6 Å². The van der Waals surface area contributed by atoms with E-state index in [1.54, 1.807) is 53.9 Å². The molecule has 1 aromatic heterocycles. The third-order valence-corrected chi connectivity index (χ3v) is 4.56. The average molecular weight is 405 g/mol. The van der Waals surface area contributed by atoms with Crippen molar-refractivity contribution in [3.63, 3.8) is 0 Å². The summed E-state index contributed by atoms with van der Waals surface area (Å²) in [7, 11) is 1.30. The van der Waals surface area contributed by atoms with Gasteiger partial charge >= 0.3 is 12.0 Å². The molecular formula is C21H19N5O4. The monoisotopic (exact) mass is 405 g/mol. The Balaban J connectivity index is 1.40. The van der Waals surface area contributed by atoms with Crippen LogP contribution in [-0.2, 0) is 4.74 Å². The molecule has 4 rings (SSSR count). The Hall–Kier alpha value is -4.11. The fourth-order valence-corrected chi connectivity index (χ4v) is 3.06. The van der Waals surface area contributed by atoms with Crippen molar-refractivity contribution in [3.8, 4) is 0 Å². The molecule has 30 heavy (non-hydrogen) atoms. The van der Waals surface area contributed by atoms with Gasteiger partial charge in [0.2, 0.25) is 5.88 Å². The predicted octanol–water partition coefficient (Wildman–Crippen LogP) is 3.85. The van der Waals surface area contributed by atoms with Gasteiger partial charge in [0.05, 0.1) is 24.5 Å². The fraction of sp³-hybridized carbons (Fsp3) is 0.0952. The second-order valence-electron chi connectivity index (χ2n) is 6.48. The normalized spacial score (nSPS) is 14.7. The first-order chi connectivity index (χ1) is 14.5. The molecule has 152 valence electrons. The summed E-state index contributed by atoms with van der Waals surface area (Å²) >= 11 is 0. The van der Waals surface area contributed by atoms with Crippen LogP contribution in [0.15, 0.2) is 70.3 Å². The highest BCUT2D eigenvalue weighted by molar-refractivity contribution is 6.01. The zero-order valence-electron chi connectivity index (χ0n) is 16.0. The van der Waals surface area contributed by atoms with Crippen LogP contribution in [0.3, 0.4) is 0 Å². The van der Waals surface area contributed by atoms with E-state index >= 15 is 0 Å². The number of urea groups is 1. The molecule has 0 radical (unpaired) electrons. The molecule has 2 aromatic carbocycles. The number of nitrogens with two attached hydrogens (primary N) is 1. The van der Waals surface area contributed by atoms with Crippen LogP contribution < -0.4 is 21.3 Å². The van der Waals surface area contributed by atoms with E-state index in [1.807, 2.05) is 12.1 Å². The Morgan fingerprint density at radius 3 is 2.63 bits per heavy atom. The standard InChI is InChI=1S/C21H19N5O4/c1-29-20(27)13-3-2-4-15(11-13)25-21(28)24-14-5-7-16(8-6-14)26-12-23-19-17(18(26)22)9-10-30-19/h2-12,18H,22H2,1H3,(H2,24,25,28). The van der Waals surface area contributed by atoms with E-state index in [9.17, 15) is 9.59 Å². The van der Waals surface area contributed by atoms with Gasteiger partial charge in [0, 0.05) is 17.1 Å². The van der Waals surface area contributed by atoms with Gasteiger partial charge in [-0.2, -0.15) is 0 Å². The first-order valence-corrected chi connectivity index (χ1v) is 9.07. The van der Waals surface area contributed by atoms with Crippen LogP contribution in [0.4, 0.5) is 27.7 Å². The maximum absolute atomic E-state index is 12.3. The van der Waals surface area contributed by atoms with Crippen molar-refractivity contribution in [2.24, 2.45) is 10.7 Å². The molecule has 4 N–H and O–H groups in total. The third kappa shape index (κ3) is 3.87. The van der Waals surface area contributed by atoms with Crippen molar-refractivity contribution in [1.29, 1.82) is 0 Å². The highest BCUT2D eigenvalue weighted by Gasteiger charge is 2.24. The lowest BCUT2D eigenvalue weighted by Gasteiger charge is -2.29. The van der Waals surface area contributed by atoms with E-state index in [0.29, 0.717) is 22.8 Å². The van der Waals surface area contributed by atoms with Gasteiger partial charge in [-0.15, -0.1) is 0 Å². The van der Waals surface area contributed by atoms with E-state index in [4.69, 9.17) is 10.2 Å². The maximum atomic E-state index is 12.3. The van der Waals surface area contributed by atoms with Crippen molar-refractivity contribution >= 4 is 41.3 Å². The Bertz CT molecular complexity index is 1110. The number of nitrogens with one attached hydrogen (secondary N) is 2. The Morgan fingerprint density at radius 2 is 1.87 bits per heavy atom. The minimum atomic E-state index is -0.475. The molecule has 0 aliphatic carbocycles. The number of carbonyl (C=O) groups excluding carboxylic acids is 2. The minimum absolute atomic E-state index is 0.347. The van der Waals surface area contributed by atoms with E-state index in [-0.39, 0.29) is 0 Å². The molecule has 9 heteroatoms. The number of hydrogen-bond donors (Lipinski definition) is 3. The molecular weight excluding hydrogens is 386 g/mol. The van der Waals surface area contributed by atoms with Gasteiger partial charge in [-0.1, -0.05) is 6.07 Å². The number of rotatable bonds is 4. The third-order valence-electron chi connectivity index (χ3n) is 4.56. The molecule has 0 fully saturated rings. The summed E-state index contributed by atoms with van der Waals surface area (Å²) in [5.41, 5.74) is 9.30. The van der Waals surface area contributed by atoms with E-state index in [1.165, 1.54) is 13.2 Å². The van der Waals surface area contributed by atoms with E-state index < -0.39 is 18.2 Å². The van der Waals surface area contributed by atoms with Crippen molar-refractivity contribution in [2.75, 3.05) is 22.6 Å². The molecule has 0 saturated heterocycles. The molecule has 0 bridgehead atoms. The molecule has 9 nitrogen and oxygen atoms in total. The number of aliphatic imine (C=N–C) groups is 1. The zero-order valence-corrected chi connectivity index (χ0v) is 16.0. The Labute approximate surface area is 172 Å². The second-order valence-corrected chi connectivity index (χ2v) is 6.48. The minimum Gasteiger partial charge on any atom is -0.465 e. The van der Waals surface area contributed by atoms with Crippen LogP contribution in [0.5, 0.6) is 0 Å². The highest BCUT2D eigenvalue weighted by Crippen LogP contribution is 2.33. The molecule has 1 atom stereocenters. The zero-order chi connectivity index (χ0) is 21.1. The largest absolute Gasteiger partial charge is 0.465 e. The molecule has 1 aliphatic heterocycles. The van der Waals surface area contributed by atoms with Gasteiger partial charge in [-0.05, 0) is 48.5 Å². The van der Waals surface area contributed by atoms with Gasteiger partial charge in [-0.3, -0.25) is 0 Å². The molecule has 1 aliphatic rings. The lowest BCUT2D eigenvalue weighted by Crippen LogP contribution is -2.35. The molecule has 0 spiro atoms. The number of amides is 2. The van der Waals surface area contributed by atoms with Crippen molar-refractivity contribution in [2.45, 2.75) is 6.17 Å². The van der Waals surface area contributed by atoms with Gasteiger partial charge < -0.3 is 30.4 Å². The number of ether oxygens (including phenoxy) is 1. The highest BCUT2D eigenvalue weighted by atomic mass is 16.5. The number of carbonyl (C=O) groups is 2. The van der Waals surface area contributed by atoms with Crippen molar-refractivity contribution < 1.29 is 18.7 Å². The van der Waals surface area contributed by atoms with Gasteiger partial charge in [0.25, 0.3) is 0 Å². The number of nitrogens with zero attached hydrogens (tertiary/aromatic N) is 2. The van der Waals surface area contributed by atoms with E-state index in [0.717, 1.165) is 11.3 Å². The first-order valence-electron chi connectivity index (χ1n) is 9.07. The SMILES string of the molecule is COC(=O)c1cccc(NC(=O)Nc2ccc(N3C=Nc4occc4C3N)cc2)c1. The molecule has 0 saturated carbocycles. The van der Waals surface area contributed by atoms with Crippen LogP contribution in [0.25, 0.3) is 0 Å². The average Bonchev–Trinajstić information content (AvgIpc) is 3.24. The number of fused-ring (bicyclic) bond motifs is 1. The Morgan fingerprint density at radius 1 is 1.10 bits per heavy atom. The number of esters is 1.